The molecule has 0 atom stereocenters. The molecule has 0 saturated heterocycles. The molecule has 1 aromatic heterocycles. The molecule has 1 heterocycles. The van der Waals surface area contributed by atoms with Crippen LogP contribution in [0.15, 0.2) is 52.9 Å². The van der Waals surface area contributed by atoms with Crippen molar-refractivity contribution in [1.29, 1.82) is 0 Å². The molecule has 0 bridgehead atoms. The first-order valence-electron chi connectivity index (χ1n) is 8.55. The maximum absolute atomic E-state index is 12.1. The highest BCUT2D eigenvalue weighted by atomic mass is 32.2. The average molecular weight is 414 g/mol. The fraction of sp³-hybridized carbons (Fsp3) is 0.200. The van der Waals surface area contributed by atoms with E-state index in [0.29, 0.717) is 20.8 Å². The summed E-state index contributed by atoms with van der Waals surface area (Å²) in [5.41, 5.74) is 2.81. The zero-order valence-electron chi connectivity index (χ0n) is 15.5. The molecule has 0 aliphatic heterocycles. The van der Waals surface area contributed by atoms with E-state index >= 15 is 0 Å². The number of carbonyl (C=O) groups is 2. The Balaban J connectivity index is 1.47. The molecule has 0 aliphatic carbocycles. The van der Waals surface area contributed by atoms with E-state index in [4.69, 9.17) is 4.74 Å². The van der Waals surface area contributed by atoms with E-state index in [1.807, 2.05) is 50.2 Å². The Bertz CT molecular complexity index is 954. The number of aryl methyl sites for hydroxylation is 2. The number of amides is 1. The zero-order valence-corrected chi connectivity index (χ0v) is 17.1. The van der Waals surface area contributed by atoms with Gasteiger partial charge in [0.25, 0.3) is 5.91 Å². The van der Waals surface area contributed by atoms with Crippen molar-refractivity contribution in [3.63, 3.8) is 0 Å². The van der Waals surface area contributed by atoms with Crippen LogP contribution in [0.1, 0.15) is 21.5 Å². The Hall–Kier alpha value is -2.71. The van der Waals surface area contributed by atoms with E-state index in [1.165, 1.54) is 23.1 Å². The molecular weight excluding hydrogens is 394 g/mol. The van der Waals surface area contributed by atoms with Gasteiger partial charge in [-0.3, -0.25) is 14.9 Å². The van der Waals surface area contributed by atoms with Gasteiger partial charge in [-0.2, -0.15) is 0 Å². The third kappa shape index (κ3) is 5.90. The maximum atomic E-state index is 12.1. The van der Waals surface area contributed by atoms with Crippen molar-refractivity contribution in [3.05, 3.63) is 65.2 Å². The SMILES string of the molecule is Cc1cc(C)cc(OCC(=O)Nc2nnc(SCC(=O)c3ccccc3)s2)c1. The number of thioether (sulfide) groups is 1. The lowest BCUT2D eigenvalue weighted by Crippen LogP contribution is -2.20. The van der Waals surface area contributed by atoms with Gasteiger partial charge in [0.05, 0.1) is 5.75 Å². The number of carbonyl (C=O) groups excluding carboxylic acids is 2. The number of rotatable bonds is 8. The summed E-state index contributed by atoms with van der Waals surface area (Å²) < 4.78 is 6.15. The normalized spacial score (nSPS) is 10.5. The van der Waals surface area contributed by atoms with Gasteiger partial charge in [0.15, 0.2) is 16.7 Å². The highest BCUT2D eigenvalue weighted by molar-refractivity contribution is 8.01. The molecule has 6 nitrogen and oxygen atoms in total. The number of Topliss-reactive ketones (excluding diaryl/α,β-unsaturated/α-hetero) is 1. The second-order valence-electron chi connectivity index (χ2n) is 6.11. The van der Waals surface area contributed by atoms with Gasteiger partial charge in [-0.25, -0.2) is 0 Å². The van der Waals surface area contributed by atoms with Crippen LogP contribution in [0, 0.1) is 13.8 Å². The third-order valence-corrected chi connectivity index (χ3v) is 5.61. The Morgan fingerprint density at radius 3 is 2.50 bits per heavy atom. The molecule has 2 aromatic carbocycles. The molecule has 8 heteroatoms. The number of ketones is 1. The monoisotopic (exact) mass is 413 g/mol. The van der Waals surface area contributed by atoms with Crippen molar-refractivity contribution >= 4 is 39.9 Å². The Morgan fingerprint density at radius 1 is 1.07 bits per heavy atom. The summed E-state index contributed by atoms with van der Waals surface area (Å²) >= 11 is 2.52. The highest BCUT2D eigenvalue weighted by Crippen LogP contribution is 2.26. The molecule has 3 aromatic rings. The highest BCUT2D eigenvalue weighted by Gasteiger charge is 2.12. The van der Waals surface area contributed by atoms with Crippen LogP contribution in [0.2, 0.25) is 0 Å². The number of hydrogen-bond acceptors (Lipinski definition) is 7. The van der Waals surface area contributed by atoms with Crippen LogP contribution >= 0.6 is 23.1 Å². The first-order valence-corrected chi connectivity index (χ1v) is 10.4. The van der Waals surface area contributed by atoms with E-state index < -0.39 is 0 Å². The molecular formula is C20H19N3O3S2. The van der Waals surface area contributed by atoms with Crippen LogP contribution in [0.4, 0.5) is 5.13 Å². The van der Waals surface area contributed by atoms with Gasteiger partial charge in [-0.1, -0.05) is 59.5 Å². The topological polar surface area (TPSA) is 81.2 Å². The molecule has 0 radical (unpaired) electrons. The first-order chi connectivity index (χ1) is 13.5. The van der Waals surface area contributed by atoms with E-state index in [2.05, 4.69) is 15.5 Å². The fourth-order valence-corrected chi connectivity index (χ4v) is 4.14. The van der Waals surface area contributed by atoms with Crippen molar-refractivity contribution in [2.75, 3.05) is 17.7 Å². The number of nitrogens with zero attached hydrogens (tertiary/aromatic N) is 2. The summed E-state index contributed by atoms with van der Waals surface area (Å²) in [7, 11) is 0. The zero-order chi connectivity index (χ0) is 19.9. The van der Waals surface area contributed by atoms with Gasteiger partial charge >= 0.3 is 0 Å². The predicted molar refractivity (Wildman–Crippen MR) is 111 cm³/mol. The van der Waals surface area contributed by atoms with Crippen molar-refractivity contribution < 1.29 is 14.3 Å². The summed E-state index contributed by atoms with van der Waals surface area (Å²) in [4.78, 5) is 24.2. The molecule has 3 rings (SSSR count). The van der Waals surface area contributed by atoms with Crippen molar-refractivity contribution in [2.45, 2.75) is 18.2 Å². The van der Waals surface area contributed by atoms with Gasteiger partial charge in [0, 0.05) is 5.56 Å². The minimum atomic E-state index is -0.313. The molecule has 28 heavy (non-hydrogen) atoms. The van der Waals surface area contributed by atoms with Crippen LogP contribution < -0.4 is 10.1 Å². The molecule has 0 saturated carbocycles. The molecule has 1 N–H and O–H groups in total. The second-order valence-corrected chi connectivity index (χ2v) is 8.31. The molecule has 144 valence electrons. The van der Waals surface area contributed by atoms with E-state index in [0.717, 1.165) is 11.1 Å². The summed E-state index contributed by atoms with van der Waals surface area (Å²) in [6.45, 7) is 3.84. The summed E-state index contributed by atoms with van der Waals surface area (Å²) in [6.07, 6.45) is 0. The second kappa shape index (κ2) is 9.48. The van der Waals surface area contributed by atoms with Crippen molar-refractivity contribution in [2.24, 2.45) is 0 Å². The standard InChI is InChI=1S/C20H19N3O3S2/c1-13-8-14(2)10-16(9-13)26-11-18(25)21-19-22-23-20(28-19)27-12-17(24)15-6-4-3-5-7-15/h3-10H,11-12H2,1-2H3,(H,21,22,25). The fourth-order valence-electron chi connectivity index (χ4n) is 2.47. The minimum absolute atomic E-state index is 0.0215. The number of nitrogens with one attached hydrogen (secondary N) is 1. The summed E-state index contributed by atoms with van der Waals surface area (Å²) in [6, 6.07) is 14.9. The van der Waals surface area contributed by atoms with Crippen LogP contribution in [0.5, 0.6) is 5.75 Å². The van der Waals surface area contributed by atoms with Crippen LogP contribution in [0.25, 0.3) is 0 Å². The Morgan fingerprint density at radius 2 is 1.79 bits per heavy atom. The summed E-state index contributed by atoms with van der Waals surface area (Å²) in [5, 5.41) is 11.0. The van der Waals surface area contributed by atoms with E-state index in [-0.39, 0.29) is 24.1 Å². The van der Waals surface area contributed by atoms with E-state index in [1.54, 1.807) is 12.1 Å². The Kier molecular flexibility index (Phi) is 6.78. The van der Waals surface area contributed by atoms with Crippen LogP contribution in [-0.4, -0.2) is 34.2 Å². The van der Waals surface area contributed by atoms with Gasteiger partial charge < -0.3 is 4.74 Å². The van der Waals surface area contributed by atoms with Gasteiger partial charge in [0.1, 0.15) is 5.75 Å². The third-order valence-electron chi connectivity index (χ3n) is 3.64. The van der Waals surface area contributed by atoms with Crippen LogP contribution in [0.3, 0.4) is 0 Å². The lowest BCUT2D eigenvalue weighted by Gasteiger charge is -2.07. The number of anilines is 1. The smallest absolute Gasteiger partial charge is 0.264 e. The van der Waals surface area contributed by atoms with Gasteiger partial charge in [-0.05, 0) is 37.1 Å². The first kappa shape index (κ1) is 20.0. The lowest BCUT2D eigenvalue weighted by molar-refractivity contribution is -0.118. The molecule has 0 spiro atoms. The Labute approximate surface area is 171 Å². The molecule has 0 fully saturated rings. The van der Waals surface area contributed by atoms with Gasteiger partial charge in [0.2, 0.25) is 5.13 Å². The number of ether oxygens (including phenoxy) is 1. The number of aromatic nitrogens is 2. The molecule has 0 aliphatic rings. The summed E-state index contributed by atoms with van der Waals surface area (Å²) in [5.74, 6) is 0.628. The average Bonchev–Trinajstić information content (AvgIpc) is 3.12. The van der Waals surface area contributed by atoms with Crippen molar-refractivity contribution in [3.8, 4) is 5.75 Å². The van der Waals surface area contributed by atoms with Crippen molar-refractivity contribution in [1.82, 2.24) is 10.2 Å². The molecule has 1 amide bonds. The lowest BCUT2D eigenvalue weighted by atomic mass is 10.1. The predicted octanol–water partition coefficient (Wildman–Crippen LogP) is 4.15. The quantitative estimate of drug-likeness (QED) is 0.339. The minimum Gasteiger partial charge on any atom is -0.484 e. The van der Waals surface area contributed by atoms with Crippen LogP contribution in [-0.2, 0) is 4.79 Å². The van der Waals surface area contributed by atoms with E-state index in [9.17, 15) is 9.59 Å². The van der Waals surface area contributed by atoms with Gasteiger partial charge in [-0.15, -0.1) is 10.2 Å². The molecule has 0 unspecified atom stereocenters. The largest absolute Gasteiger partial charge is 0.484 e. The maximum Gasteiger partial charge on any atom is 0.264 e. The number of hydrogen-bond donors (Lipinski definition) is 1. The number of benzene rings is 2.